The van der Waals surface area contributed by atoms with Crippen molar-refractivity contribution in [3.05, 3.63) is 119 Å². The van der Waals surface area contributed by atoms with Crippen LogP contribution in [0.2, 0.25) is 0 Å². The number of benzene rings is 3. The van der Waals surface area contributed by atoms with Crippen LogP contribution in [0.5, 0.6) is 0 Å². The first-order chi connectivity index (χ1) is 16.6. The van der Waals surface area contributed by atoms with Gasteiger partial charge in [-0.15, -0.1) is 0 Å². The number of allylic oxidation sites excluding steroid dienone is 3. The zero-order chi connectivity index (χ0) is 23.4. The number of amides is 2. The summed E-state index contributed by atoms with van der Waals surface area (Å²) in [5, 5.41) is 9.16. The van der Waals surface area contributed by atoms with E-state index in [2.05, 4.69) is 36.4 Å². The van der Waals surface area contributed by atoms with Crippen LogP contribution in [0.1, 0.15) is 21.5 Å². The number of anilines is 1. The first kappa shape index (κ1) is 20.4. The second kappa shape index (κ2) is 7.66. The molecule has 1 saturated carbocycles. The fraction of sp³-hybridized carbons (Fsp3) is 0.138. The zero-order valence-corrected chi connectivity index (χ0v) is 18.2. The minimum absolute atomic E-state index is 0.116. The quantitative estimate of drug-likeness (QED) is 0.460. The molecule has 6 rings (SSSR count). The lowest BCUT2D eigenvalue weighted by molar-refractivity contribution is -0.122. The van der Waals surface area contributed by atoms with Crippen LogP contribution in [-0.4, -0.2) is 22.9 Å². The second-order valence-electron chi connectivity index (χ2n) is 8.91. The molecule has 2 amide bonds. The van der Waals surface area contributed by atoms with E-state index in [9.17, 15) is 14.4 Å². The summed E-state index contributed by atoms with van der Waals surface area (Å²) in [7, 11) is 0. The SMILES string of the molecule is O=C(O)c1ccc(N2C(=O)[C@@H]3[C@H](C2=O)[C@H]2C=C[C@H]3C2=C(c2ccccc2)c2ccccc2)cc1. The first-order valence-electron chi connectivity index (χ1n) is 11.3. The lowest BCUT2D eigenvalue weighted by Crippen LogP contribution is -2.33. The van der Waals surface area contributed by atoms with E-state index in [-0.39, 0.29) is 29.2 Å². The normalized spacial score (nSPS) is 24.6. The van der Waals surface area contributed by atoms with Gasteiger partial charge >= 0.3 is 5.97 Å². The van der Waals surface area contributed by atoms with E-state index in [1.807, 2.05) is 36.4 Å². The highest BCUT2D eigenvalue weighted by atomic mass is 16.4. The van der Waals surface area contributed by atoms with Crippen molar-refractivity contribution in [1.29, 1.82) is 0 Å². The van der Waals surface area contributed by atoms with Gasteiger partial charge in [0.2, 0.25) is 11.8 Å². The molecule has 1 saturated heterocycles. The van der Waals surface area contributed by atoms with Crippen LogP contribution in [0, 0.1) is 23.7 Å². The highest BCUT2D eigenvalue weighted by Crippen LogP contribution is 2.58. The van der Waals surface area contributed by atoms with Crippen LogP contribution in [0.25, 0.3) is 5.57 Å². The topological polar surface area (TPSA) is 74.7 Å². The summed E-state index contributed by atoms with van der Waals surface area (Å²) in [6.07, 6.45) is 4.16. The highest BCUT2D eigenvalue weighted by Gasteiger charge is 2.62. The lowest BCUT2D eigenvalue weighted by atomic mass is 9.85. The van der Waals surface area contributed by atoms with E-state index in [4.69, 9.17) is 5.11 Å². The van der Waals surface area contributed by atoms with E-state index in [0.717, 1.165) is 22.3 Å². The van der Waals surface area contributed by atoms with Gasteiger partial charge in [-0.05, 0) is 46.5 Å². The molecule has 3 aliphatic rings. The molecule has 4 atom stereocenters. The number of carboxylic acids is 1. The number of imide groups is 1. The average Bonchev–Trinajstić information content (AvgIpc) is 3.50. The Balaban J connectivity index is 1.44. The Kier molecular flexibility index (Phi) is 4.59. The maximum absolute atomic E-state index is 13.6. The Morgan fingerprint density at radius 1 is 0.647 bits per heavy atom. The smallest absolute Gasteiger partial charge is 0.335 e. The van der Waals surface area contributed by atoms with Crippen LogP contribution in [0.3, 0.4) is 0 Å². The molecule has 3 aromatic carbocycles. The van der Waals surface area contributed by atoms with Crippen molar-refractivity contribution in [3.63, 3.8) is 0 Å². The summed E-state index contributed by atoms with van der Waals surface area (Å²) in [6.45, 7) is 0. The van der Waals surface area contributed by atoms with Gasteiger partial charge in [0.25, 0.3) is 0 Å². The fourth-order valence-corrected chi connectivity index (χ4v) is 5.81. The summed E-state index contributed by atoms with van der Waals surface area (Å²) in [6, 6.07) is 26.2. The van der Waals surface area contributed by atoms with Gasteiger partial charge in [0, 0.05) is 11.8 Å². The molecule has 0 spiro atoms. The van der Waals surface area contributed by atoms with Crippen molar-refractivity contribution in [2.75, 3.05) is 4.90 Å². The third-order valence-corrected chi connectivity index (χ3v) is 7.20. The minimum atomic E-state index is -1.05. The third kappa shape index (κ3) is 2.90. The summed E-state index contributed by atoms with van der Waals surface area (Å²) in [5.74, 6) is -2.66. The van der Waals surface area contributed by atoms with Crippen LogP contribution < -0.4 is 4.90 Å². The van der Waals surface area contributed by atoms with Crippen molar-refractivity contribution >= 4 is 29.0 Å². The number of hydrogen-bond donors (Lipinski definition) is 1. The Morgan fingerprint density at radius 2 is 1.12 bits per heavy atom. The van der Waals surface area contributed by atoms with E-state index in [1.54, 1.807) is 0 Å². The first-order valence-corrected chi connectivity index (χ1v) is 11.3. The third-order valence-electron chi connectivity index (χ3n) is 7.20. The molecule has 2 aliphatic carbocycles. The maximum atomic E-state index is 13.6. The molecular weight excluding hydrogens is 426 g/mol. The van der Waals surface area contributed by atoms with Crippen molar-refractivity contribution in [3.8, 4) is 0 Å². The number of fused-ring (bicyclic) bond motifs is 5. The molecule has 1 heterocycles. The molecule has 0 aromatic heterocycles. The fourth-order valence-electron chi connectivity index (χ4n) is 5.81. The molecule has 5 heteroatoms. The predicted octanol–water partition coefficient (Wildman–Crippen LogP) is 4.81. The minimum Gasteiger partial charge on any atom is -0.478 e. The van der Waals surface area contributed by atoms with Gasteiger partial charge < -0.3 is 5.11 Å². The molecule has 5 nitrogen and oxygen atoms in total. The number of carbonyl (C=O) groups is 3. The van der Waals surface area contributed by atoms with Crippen LogP contribution >= 0.6 is 0 Å². The number of carboxylic acid groups (broad SMARTS) is 1. The van der Waals surface area contributed by atoms with E-state index >= 15 is 0 Å². The number of carbonyl (C=O) groups excluding carboxylic acids is 2. The molecule has 2 bridgehead atoms. The summed E-state index contributed by atoms with van der Waals surface area (Å²) in [4.78, 5) is 39.6. The van der Waals surface area contributed by atoms with E-state index < -0.39 is 17.8 Å². The van der Waals surface area contributed by atoms with Gasteiger partial charge in [-0.1, -0.05) is 72.8 Å². The van der Waals surface area contributed by atoms with Gasteiger partial charge in [0.15, 0.2) is 0 Å². The monoisotopic (exact) mass is 447 g/mol. The summed E-state index contributed by atoms with van der Waals surface area (Å²) in [5.41, 5.74) is 4.91. The van der Waals surface area contributed by atoms with Crippen molar-refractivity contribution in [1.82, 2.24) is 0 Å². The lowest BCUT2D eigenvalue weighted by Gasteiger charge is -2.21. The number of nitrogens with zero attached hydrogens (tertiary/aromatic N) is 1. The van der Waals surface area contributed by atoms with Gasteiger partial charge in [0.05, 0.1) is 23.1 Å². The Bertz CT molecular complexity index is 1300. The Labute approximate surface area is 196 Å². The van der Waals surface area contributed by atoms with Crippen LogP contribution in [0.4, 0.5) is 5.69 Å². The Hall–Kier alpha value is -4.25. The van der Waals surface area contributed by atoms with Crippen molar-refractivity contribution in [2.45, 2.75) is 0 Å². The number of rotatable bonds is 4. The number of aromatic carboxylic acids is 1. The molecule has 1 N–H and O–H groups in total. The van der Waals surface area contributed by atoms with Gasteiger partial charge in [-0.25, -0.2) is 9.69 Å². The highest BCUT2D eigenvalue weighted by molar-refractivity contribution is 6.23. The zero-order valence-electron chi connectivity index (χ0n) is 18.2. The van der Waals surface area contributed by atoms with Crippen LogP contribution in [0.15, 0.2) is 103 Å². The standard InChI is InChI=1S/C29H21NO4/c31-27-25-21-15-16-22(26(25)28(32)30(27)20-13-11-19(12-14-20)29(33)34)24(21)23(17-7-3-1-4-8-17)18-9-5-2-6-10-18/h1-16,21-22,25-26H,(H,33,34)/t21-,22-,25-,26+/m0/s1. The molecule has 2 fully saturated rings. The summed E-state index contributed by atoms with van der Waals surface area (Å²) < 4.78 is 0. The molecule has 34 heavy (non-hydrogen) atoms. The second-order valence-corrected chi connectivity index (χ2v) is 8.91. The van der Waals surface area contributed by atoms with Gasteiger partial charge in [-0.2, -0.15) is 0 Å². The average molecular weight is 447 g/mol. The molecule has 1 aliphatic heterocycles. The molecule has 0 unspecified atom stereocenters. The summed E-state index contributed by atoms with van der Waals surface area (Å²) >= 11 is 0. The largest absolute Gasteiger partial charge is 0.478 e. The predicted molar refractivity (Wildman–Crippen MR) is 128 cm³/mol. The molecular formula is C29H21NO4. The van der Waals surface area contributed by atoms with Crippen molar-refractivity contribution < 1.29 is 19.5 Å². The molecule has 0 radical (unpaired) electrons. The van der Waals surface area contributed by atoms with Gasteiger partial charge in [0.1, 0.15) is 0 Å². The molecule has 3 aromatic rings. The van der Waals surface area contributed by atoms with E-state index in [1.165, 1.54) is 29.2 Å². The number of hydrogen-bond acceptors (Lipinski definition) is 3. The van der Waals surface area contributed by atoms with Crippen molar-refractivity contribution in [2.24, 2.45) is 23.7 Å². The Morgan fingerprint density at radius 3 is 1.56 bits per heavy atom. The van der Waals surface area contributed by atoms with Crippen LogP contribution in [-0.2, 0) is 9.59 Å². The van der Waals surface area contributed by atoms with Gasteiger partial charge in [-0.3, -0.25) is 9.59 Å². The maximum Gasteiger partial charge on any atom is 0.335 e. The van der Waals surface area contributed by atoms with E-state index in [0.29, 0.717) is 5.69 Å². The molecule has 166 valence electrons.